The Morgan fingerprint density at radius 2 is 2.00 bits per heavy atom. The summed E-state index contributed by atoms with van der Waals surface area (Å²) in [5.74, 6) is 0.632. The molecule has 0 aromatic carbocycles. The van der Waals surface area contributed by atoms with Crippen molar-refractivity contribution in [2.24, 2.45) is 11.3 Å². The first kappa shape index (κ1) is 7.56. The number of aliphatic hydroxyl groups excluding tert-OH is 1. The summed E-state index contributed by atoms with van der Waals surface area (Å²) in [6.45, 7) is 0.409. The molecule has 0 aromatic heterocycles. The third kappa shape index (κ3) is 1.09. The van der Waals surface area contributed by atoms with Gasteiger partial charge in [0.25, 0.3) is 0 Å². The topological polar surface area (TPSA) is 32.3 Å². The summed E-state index contributed by atoms with van der Waals surface area (Å²) in [5, 5.41) is 12.1. The first-order valence-electron chi connectivity index (χ1n) is 4.56. The van der Waals surface area contributed by atoms with Gasteiger partial charge in [-0.05, 0) is 44.1 Å². The number of rotatable bonds is 2. The van der Waals surface area contributed by atoms with Crippen molar-refractivity contribution < 1.29 is 5.11 Å². The summed E-state index contributed by atoms with van der Waals surface area (Å²) in [5.41, 5.74) is 0.668. The number of aliphatic hydroxyl groups is 1. The van der Waals surface area contributed by atoms with Crippen LogP contribution in [-0.4, -0.2) is 24.8 Å². The van der Waals surface area contributed by atoms with Crippen LogP contribution >= 0.6 is 0 Å². The van der Waals surface area contributed by atoms with Crippen LogP contribution in [0.4, 0.5) is 0 Å². The van der Waals surface area contributed by atoms with Gasteiger partial charge < -0.3 is 10.4 Å². The van der Waals surface area contributed by atoms with Crippen LogP contribution in [0.15, 0.2) is 0 Å². The molecular weight excluding hydrogens is 138 g/mol. The van der Waals surface area contributed by atoms with Crippen molar-refractivity contribution in [3.05, 3.63) is 0 Å². The molecule has 64 valence electrons. The molecule has 0 radical (unpaired) electrons. The van der Waals surface area contributed by atoms with Gasteiger partial charge in [-0.1, -0.05) is 0 Å². The highest BCUT2D eigenvalue weighted by molar-refractivity contribution is 5.04. The summed E-state index contributed by atoms with van der Waals surface area (Å²) in [7, 11) is 2.04. The fourth-order valence-electron chi connectivity index (χ4n) is 2.82. The molecular formula is C9H17NO. The Morgan fingerprint density at radius 1 is 1.36 bits per heavy atom. The molecule has 0 saturated heterocycles. The average molecular weight is 155 g/mol. The van der Waals surface area contributed by atoms with Crippen molar-refractivity contribution in [3.63, 3.8) is 0 Å². The van der Waals surface area contributed by atoms with Crippen LogP contribution in [0, 0.1) is 11.3 Å². The van der Waals surface area contributed by atoms with Gasteiger partial charge in [-0.15, -0.1) is 0 Å². The van der Waals surface area contributed by atoms with Crippen LogP contribution in [0.3, 0.4) is 0 Å². The number of hydrogen-bond acceptors (Lipinski definition) is 2. The van der Waals surface area contributed by atoms with Crippen molar-refractivity contribution in [3.8, 4) is 0 Å². The molecule has 0 amide bonds. The molecule has 2 heteroatoms. The highest BCUT2D eigenvalue weighted by atomic mass is 16.3. The first-order valence-corrected chi connectivity index (χ1v) is 4.56. The van der Waals surface area contributed by atoms with Crippen LogP contribution in [0.5, 0.6) is 0 Å². The van der Waals surface area contributed by atoms with Crippen molar-refractivity contribution in [2.45, 2.75) is 31.7 Å². The molecule has 2 aliphatic rings. The fraction of sp³-hybridized carbons (Fsp3) is 1.00. The smallest absolute Gasteiger partial charge is 0.0459 e. The summed E-state index contributed by atoms with van der Waals surface area (Å²) < 4.78 is 0. The van der Waals surface area contributed by atoms with E-state index in [1.54, 1.807) is 0 Å². The fourth-order valence-corrected chi connectivity index (χ4v) is 2.82. The monoisotopic (exact) mass is 155 g/mol. The van der Waals surface area contributed by atoms with E-state index >= 15 is 0 Å². The SMILES string of the molecule is CNC1CC2(CC(CO)C2)C1. The normalized spacial score (nSPS) is 48.5. The Balaban J connectivity index is 1.75. The standard InChI is InChI=1S/C9H17NO/c1-10-8-4-9(5-8)2-7(3-9)6-11/h7-8,10-11H,2-6H2,1H3. The van der Waals surface area contributed by atoms with Crippen LogP contribution in [0.25, 0.3) is 0 Å². The van der Waals surface area contributed by atoms with Gasteiger partial charge in [0.05, 0.1) is 0 Å². The van der Waals surface area contributed by atoms with E-state index in [2.05, 4.69) is 5.32 Å². The van der Waals surface area contributed by atoms with Gasteiger partial charge in [0.1, 0.15) is 0 Å². The first-order chi connectivity index (χ1) is 5.28. The van der Waals surface area contributed by atoms with Crippen molar-refractivity contribution in [1.82, 2.24) is 5.32 Å². The second-order valence-electron chi connectivity index (χ2n) is 4.35. The van der Waals surface area contributed by atoms with Gasteiger partial charge >= 0.3 is 0 Å². The Hall–Kier alpha value is -0.0800. The van der Waals surface area contributed by atoms with Crippen molar-refractivity contribution in [2.75, 3.05) is 13.7 Å². The van der Waals surface area contributed by atoms with Crippen LogP contribution in [-0.2, 0) is 0 Å². The maximum atomic E-state index is 8.85. The van der Waals surface area contributed by atoms with Gasteiger partial charge in [0, 0.05) is 12.6 Å². The van der Waals surface area contributed by atoms with Crippen LogP contribution < -0.4 is 5.32 Å². The Morgan fingerprint density at radius 3 is 2.45 bits per heavy atom. The lowest BCUT2D eigenvalue weighted by atomic mass is 9.50. The quantitative estimate of drug-likeness (QED) is 0.617. The van der Waals surface area contributed by atoms with E-state index in [1.165, 1.54) is 25.7 Å². The third-order valence-electron chi connectivity index (χ3n) is 3.47. The van der Waals surface area contributed by atoms with Gasteiger partial charge in [0.2, 0.25) is 0 Å². The molecule has 0 atom stereocenters. The van der Waals surface area contributed by atoms with Gasteiger partial charge in [-0.2, -0.15) is 0 Å². The highest BCUT2D eigenvalue weighted by Crippen LogP contribution is 2.58. The molecule has 11 heavy (non-hydrogen) atoms. The molecule has 0 unspecified atom stereocenters. The molecule has 0 bridgehead atoms. The van der Waals surface area contributed by atoms with E-state index in [9.17, 15) is 0 Å². The predicted octanol–water partition coefficient (Wildman–Crippen LogP) is 0.757. The largest absolute Gasteiger partial charge is 0.396 e. The zero-order valence-corrected chi connectivity index (χ0v) is 7.14. The second kappa shape index (κ2) is 2.46. The molecule has 0 aliphatic heterocycles. The van der Waals surface area contributed by atoms with E-state index in [0.29, 0.717) is 17.9 Å². The van der Waals surface area contributed by atoms with E-state index in [1.807, 2.05) is 7.05 Å². The highest BCUT2D eigenvalue weighted by Gasteiger charge is 2.51. The Bertz CT molecular complexity index is 124. The molecule has 2 fully saturated rings. The number of nitrogens with one attached hydrogen (secondary N) is 1. The summed E-state index contributed by atoms with van der Waals surface area (Å²) in [4.78, 5) is 0. The van der Waals surface area contributed by atoms with Gasteiger partial charge in [-0.25, -0.2) is 0 Å². The molecule has 0 aromatic rings. The molecule has 2 aliphatic carbocycles. The van der Waals surface area contributed by atoms with Crippen LogP contribution in [0.2, 0.25) is 0 Å². The van der Waals surface area contributed by atoms with Gasteiger partial charge in [0.15, 0.2) is 0 Å². The average Bonchev–Trinajstić information content (AvgIpc) is 1.83. The Labute approximate surface area is 68.0 Å². The predicted molar refractivity (Wildman–Crippen MR) is 44.3 cm³/mol. The molecule has 2 N–H and O–H groups in total. The van der Waals surface area contributed by atoms with Crippen LogP contribution in [0.1, 0.15) is 25.7 Å². The molecule has 0 heterocycles. The zero-order chi connectivity index (χ0) is 7.90. The second-order valence-corrected chi connectivity index (χ2v) is 4.35. The van der Waals surface area contributed by atoms with E-state index < -0.39 is 0 Å². The molecule has 2 nitrogen and oxygen atoms in total. The summed E-state index contributed by atoms with van der Waals surface area (Å²) >= 11 is 0. The molecule has 2 saturated carbocycles. The maximum absolute atomic E-state index is 8.85. The van der Waals surface area contributed by atoms with E-state index in [-0.39, 0.29) is 0 Å². The van der Waals surface area contributed by atoms with Crippen molar-refractivity contribution in [1.29, 1.82) is 0 Å². The maximum Gasteiger partial charge on any atom is 0.0459 e. The minimum atomic E-state index is 0.409. The lowest BCUT2D eigenvalue weighted by Crippen LogP contribution is -2.54. The summed E-state index contributed by atoms with van der Waals surface area (Å²) in [6.07, 6.45) is 5.25. The third-order valence-corrected chi connectivity index (χ3v) is 3.47. The zero-order valence-electron chi connectivity index (χ0n) is 7.14. The molecule has 1 spiro atoms. The van der Waals surface area contributed by atoms with Gasteiger partial charge in [-0.3, -0.25) is 0 Å². The lowest BCUT2D eigenvalue weighted by Gasteiger charge is -2.57. The summed E-state index contributed by atoms with van der Waals surface area (Å²) in [6, 6.07) is 0.773. The minimum Gasteiger partial charge on any atom is -0.396 e. The van der Waals surface area contributed by atoms with E-state index in [0.717, 1.165) is 6.04 Å². The molecule has 2 rings (SSSR count). The van der Waals surface area contributed by atoms with E-state index in [4.69, 9.17) is 5.11 Å². The number of hydrogen-bond donors (Lipinski definition) is 2. The van der Waals surface area contributed by atoms with Crippen molar-refractivity contribution >= 4 is 0 Å². The lowest BCUT2D eigenvalue weighted by molar-refractivity contribution is -0.0649. The minimum absolute atomic E-state index is 0.409. The Kier molecular flexibility index (Phi) is 1.69.